The average Bonchev–Trinajstić information content (AvgIpc) is 2.41. The van der Waals surface area contributed by atoms with Crippen LogP contribution in [0.4, 0.5) is 0 Å². The second-order valence-corrected chi connectivity index (χ2v) is 5.97. The van der Waals surface area contributed by atoms with Gasteiger partial charge in [-0.25, -0.2) is 0 Å². The Labute approximate surface area is 110 Å². The number of likely N-dealkylation sites (tertiary alicyclic amines) is 1. The number of aliphatic hydroxyl groups excluding tert-OH is 1. The Balaban J connectivity index is 1.86. The highest BCUT2D eigenvalue weighted by Crippen LogP contribution is 2.32. The van der Waals surface area contributed by atoms with Crippen LogP contribution in [0.1, 0.15) is 25.7 Å². The summed E-state index contributed by atoms with van der Waals surface area (Å²) in [5.74, 6) is 0.666. The Morgan fingerprint density at radius 2 is 2.17 bits per heavy atom. The summed E-state index contributed by atoms with van der Waals surface area (Å²) < 4.78 is 10.7. The second kappa shape index (κ2) is 6.85. The zero-order valence-corrected chi connectivity index (χ0v) is 11.6. The van der Waals surface area contributed by atoms with Crippen LogP contribution < -0.4 is 0 Å². The van der Waals surface area contributed by atoms with Crippen molar-refractivity contribution in [2.75, 3.05) is 53.2 Å². The van der Waals surface area contributed by atoms with E-state index < -0.39 is 0 Å². The number of methoxy groups -OCH3 is 1. The first kappa shape index (κ1) is 14.3. The molecule has 0 radical (unpaired) electrons. The lowest BCUT2D eigenvalue weighted by molar-refractivity contribution is -0.0421. The van der Waals surface area contributed by atoms with Crippen LogP contribution in [0.2, 0.25) is 0 Å². The summed E-state index contributed by atoms with van der Waals surface area (Å²) in [5, 5.41) is 9.73. The fourth-order valence-electron chi connectivity index (χ4n) is 3.31. The first-order valence-corrected chi connectivity index (χ1v) is 7.18. The minimum absolute atomic E-state index is 0.0766. The largest absolute Gasteiger partial charge is 0.396 e. The molecule has 0 aromatic heterocycles. The normalized spacial score (nSPS) is 29.3. The van der Waals surface area contributed by atoms with Gasteiger partial charge in [0.1, 0.15) is 0 Å². The molecule has 106 valence electrons. The molecule has 1 atom stereocenters. The molecular formula is C14H27NO3. The molecule has 0 amide bonds. The molecular weight excluding hydrogens is 230 g/mol. The molecule has 0 aromatic carbocycles. The summed E-state index contributed by atoms with van der Waals surface area (Å²) in [6.07, 6.45) is 4.52. The Kier molecular flexibility index (Phi) is 5.42. The van der Waals surface area contributed by atoms with Gasteiger partial charge in [-0.15, -0.1) is 0 Å². The van der Waals surface area contributed by atoms with Gasteiger partial charge in [-0.1, -0.05) is 0 Å². The Hall–Kier alpha value is -0.160. The number of rotatable bonds is 5. The highest BCUT2D eigenvalue weighted by molar-refractivity contribution is 4.86. The molecule has 0 aromatic rings. The van der Waals surface area contributed by atoms with Crippen molar-refractivity contribution in [1.82, 2.24) is 4.90 Å². The zero-order chi connectivity index (χ0) is 12.8. The van der Waals surface area contributed by atoms with Crippen molar-refractivity contribution in [3.63, 3.8) is 0 Å². The van der Waals surface area contributed by atoms with Crippen molar-refractivity contribution in [2.24, 2.45) is 11.3 Å². The van der Waals surface area contributed by atoms with E-state index in [-0.39, 0.29) is 5.41 Å². The van der Waals surface area contributed by atoms with Crippen molar-refractivity contribution < 1.29 is 14.6 Å². The van der Waals surface area contributed by atoms with Gasteiger partial charge >= 0.3 is 0 Å². The summed E-state index contributed by atoms with van der Waals surface area (Å²) in [6, 6.07) is 0. The van der Waals surface area contributed by atoms with Gasteiger partial charge in [0.2, 0.25) is 0 Å². The summed E-state index contributed by atoms with van der Waals surface area (Å²) in [4.78, 5) is 2.52. The molecule has 4 heteroatoms. The third-order valence-electron chi connectivity index (χ3n) is 4.45. The van der Waals surface area contributed by atoms with Gasteiger partial charge in [-0.05, 0) is 38.1 Å². The van der Waals surface area contributed by atoms with E-state index in [0.29, 0.717) is 12.5 Å². The summed E-state index contributed by atoms with van der Waals surface area (Å²) >= 11 is 0. The molecule has 0 saturated carbocycles. The van der Waals surface area contributed by atoms with Crippen molar-refractivity contribution in [2.45, 2.75) is 25.7 Å². The maximum Gasteiger partial charge on any atom is 0.0502 e. The zero-order valence-electron chi connectivity index (χ0n) is 11.6. The number of hydrogen-bond donors (Lipinski definition) is 1. The maximum absolute atomic E-state index is 9.73. The van der Waals surface area contributed by atoms with Crippen LogP contribution in [0.3, 0.4) is 0 Å². The minimum Gasteiger partial charge on any atom is -0.396 e. The van der Waals surface area contributed by atoms with E-state index in [1.54, 1.807) is 7.11 Å². The van der Waals surface area contributed by atoms with Gasteiger partial charge in [0.15, 0.2) is 0 Å². The highest BCUT2D eigenvalue weighted by Gasteiger charge is 2.35. The Morgan fingerprint density at radius 1 is 1.39 bits per heavy atom. The summed E-state index contributed by atoms with van der Waals surface area (Å²) in [5.41, 5.74) is 0.0766. The lowest BCUT2D eigenvalue weighted by Crippen LogP contribution is -2.47. The Bertz CT molecular complexity index is 239. The smallest absolute Gasteiger partial charge is 0.0502 e. The molecule has 18 heavy (non-hydrogen) atoms. The first-order chi connectivity index (χ1) is 8.78. The molecule has 2 heterocycles. The third-order valence-corrected chi connectivity index (χ3v) is 4.45. The van der Waals surface area contributed by atoms with Gasteiger partial charge in [-0.3, -0.25) is 0 Å². The van der Waals surface area contributed by atoms with E-state index in [4.69, 9.17) is 9.47 Å². The van der Waals surface area contributed by atoms with Crippen LogP contribution in [0.15, 0.2) is 0 Å². The van der Waals surface area contributed by atoms with E-state index in [1.165, 1.54) is 19.4 Å². The average molecular weight is 257 g/mol. The van der Waals surface area contributed by atoms with Gasteiger partial charge in [-0.2, -0.15) is 0 Å². The highest BCUT2D eigenvalue weighted by atomic mass is 16.5. The number of nitrogens with zero attached hydrogens (tertiary/aromatic N) is 1. The summed E-state index contributed by atoms with van der Waals surface area (Å²) in [6.45, 7) is 6.08. The summed E-state index contributed by atoms with van der Waals surface area (Å²) in [7, 11) is 1.78. The van der Waals surface area contributed by atoms with E-state index >= 15 is 0 Å². The topological polar surface area (TPSA) is 41.9 Å². The van der Waals surface area contributed by atoms with Crippen molar-refractivity contribution in [3.8, 4) is 0 Å². The third kappa shape index (κ3) is 3.67. The van der Waals surface area contributed by atoms with Gasteiger partial charge in [0.05, 0.1) is 13.2 Å². The molecule has 1 unspecified atom stereocenters. The Morgan fingerprint density at radius 3 is 2.83 bits per heavy atom. The molecule has 2 aliphatic heterocycles. The van der Waals surface area contributed by atoms with Gasteiger partial charge in [0, 0.05) is 38.8 Å². The predicted molar refractivity (Wildman–Crippen MR) is 70.6 cm³/mol. The molecule has 1 N–H and O–H groups in total. The van der Waals surface area contributed by atoms with Crippen LogP contribution in [-0.4, -0.2) is 63.2 Å². The molecule has 4 nitrogen and oxygen atoms in total. The molecule has 2 aliphatic rings. The van der Waals surface area contributed by atoms with E-state index in [2.05, 4.69) is 4.90 Å². The lowest BCUT2D eigenvalue weighted by Gasteiger charge is -2.42. The number of aliphatic hydroxyl groups is 1. The molecule has 0 aliphatic carbocycles. The predicted octanol–water partition coefficient (Wildman–Crippen LogP) is 1.13. The minimum atomic E-state index is 0.0766. The van der Waals surface area contributed by atoms with E-state index in [9.17, 15) is 5.11 Å². The van der Waals surface area contributed by atoms with E-state index in [1.807, 2.05) is 0 Å². The fraction of sp³-hybridized carbons (Fsp3) is 1.00. The van der Waals surface area contributed by atoms with Crippen molar-refractivity contribution >= 4 is 0 Å². The standard InChI is InChI=1S/C14H27NO3/c1-17-10-13-3-2-6-15(9-13)11-14(12-16)4-7-18-8-5-14/h13,16H,2-12H2,1H3. The fourth-order valence-corrected chi connectivity index (χ4v) is 3.31. The molecule has 2 saturated heterocycles. The van der Waals surface area contributed by atoms with Crippen molar-refractivity contribution in [3.05, 3.63) is 0 Å². The number of hydrogen-bond acceptors (Lipinski definition) is 4. The molecule has 2 rings (SSSR count). The monoisotopic (exact) mass is 257 g/mol. The van der Waals surface area contributed by atoms with Crippen LogP contribution in [0.25, 0.3) is 0 Å². The first-order valence-electron chi connectivity index (χ1n) is 7.18. The molecule has 2 fully saturated rings. The molecule has 0 bridgehead atoms. The van der Waals surface area contributed by atoms with Crippen LogP contribution in [0, 0.1) is 11.3 Å². The number of ether oxygens (including phenoxy) is 2. The van der Waals surface area contributed by atoms with E-state index in [0.717, 1.165) is 45.8 Å². The molecule has 0 spiro atoms. The maximum atomic E-state index is 9.73. The number of piperidine rings is 1. The SMILES string of the molecule is COCC1CCCN(CC2(CO)CCOCC2)C1. The van der Waals surface area contributed by atoms with Crippen molar-refractivity contribution in [1.29, 1.82) is 0 Å². The van der Waals surface area contributed by atoms with Crippen LogP contribution in [0.5, 0.6) is 0 Å². The van der Waals surface area contributed by atoms with Crippen LogP contribution >= 0.6 is 0 Å². The quantitative estimate of drug-likeness (QED) is 0.802. The lowest BCUT2D eigenvalue weighted by atomic mass is 9.80. The van der Waals surface area contributed by atoms with Gasteiger partial charge in [0.25, 0.3) is 0 Å². The van der Waals surface area contributed by atoms with Crippen LogP contribution in [-0.2, 0) is 9.47 Å². The second-order valence-electron chi connectivity index (χ2n) is 5.97. The van der Waals surface area contributed by atoms with Gasteiger partial charge < -0.3 is 19.5 Å².